The van der Waals surface area contributed by atoms with Crippen LogP contribution in [-0.2, 0) is 0 Å². The van der Waals surface area contributed by atoms with Crippen molar-refractivity contribution in [1.82, 2.24) is 4.98 Å². The lowest BCUT2D eigenvalue weighted by Crippen LogP contribution is -2.15. The minimum atomic E-state index is -1.63. The maximum absolute atomic E-state index is 13.5. The zero-order valence-corrected chi connectivity index (χ0v) is 12.0. The first kappa shape index (κ1) is 15.8. The molecule has 1 heterocycles. The molecule has 0 aliphatic heterocycles. The number of benzene rings is 1. The predicted molar refractivity (Wildman–Crippen MR) is 77.3 cm³/mol. The summed E-state index contributed by atoms with van der Waals surface area (Å²) in [6.45, 7) is 3.84. The minimum absolute atomic E-state index is 0.142. The molecule has 0 saturated carbocycles. The lowest BCUT2D eigenvalue weighted by atomic mass is 10.2. The van der Waals surface area contributed by atoms with Gasteiger partial charge in [-0.1, -0.05) is 0 Å². The Hall–Kier alpha value is -2.57. The SMILES string of the molecule is CC(C)Nc1cncc(C(=O)Nc2ccc(F)c(F)c2F)c1. The number of hydrogen-bond acceptors (Lipinski definition) is 3. The second kappa shape index (κ2) is 6.46. The topological polar surface area (TPSA) is 54.0 Å². The minimum Gasteiger partial charge on any atom is -0.382 e. The van der Waals surface area contributed by atoms with Crippen molar-refractivity contribution >= 4 is 17.3 Å². The van der Waals surface area contributed by atoms with Gasteiger partial charge in [0.2, 0.25) is 0 Å². The number of rotatable bonds is 4. The van der Waals surface area contributed by atoms with Crippen molar-refractivity contribution in [2.45, 2.75) is 19.9 Å². The van der Waals surface area contributed by atoms with E-state index in [0.29, 0.717) is 5.69 Å². The largest absolute Gasteiger partial charge is 0.382 e. The molecule has 2 N–H and O–H groups in total. The van der Waals surface area contributed by atoms with Gasteiger partial charge < -0.3 is 10.6 Å². The lowest BCUT2D eigenvalue weighted by molar-refractivity contribution is 0.102. The monoisotopic (exact) mass is 309 g/mol. The molecule has 2 rings (SSSR count). The summed E-state index contributed by atoms with van der Waals surface area (Å²) in [5, 5.41) is 5.25. The molecule has 116 valence electrons. The van der Waals surface area contributed by atoms with Gasteiger partial charge in [0, 0.05) is 18.4 Å². The average Bonchev–Trinajstić information content (AvgIpc) is 2.47. The molecule has 0 saturated heterocycles. The van der Waals surface area contributed by atoms with E-state index in [0.717, 1.165) is 12.1 Å². The fourth-order valence-corrected chi connectivity index (χ4v) is 1.79. The number of anilines is 2. The second-order valence-corrected chi connectivity index (χ2v) is 4.94. The average molecular weight is 309 g/mol. The van der Waals surface area contributed by atoms with E-state index in [1.54, 1.807) is 0 Å². The highest BCUT2D eigenvalue weighted by Crippen LogP contribution is 2.20. The van der Waals surface area contributed by atoms with E-state index in [1.807, 2.05) is 13.8 Å². The van der Waals surface area contributed by atoms with E-state index >= 15 is 0 Å². The van der Waals surface area contributed by atoms with Gasteiger partial charge in [-0.25, -0.2) is 13.2 Å². The van der Waals surface area contributed by atoms with Gasteiger partial charge in [-0.05, 0) is 32.0 Å². The van der Waals surface area contributed by atoms with Crippen LogP contribution in [0.1, 0.15) is 24.2 Å². The van der Waals surface area contributed by atoms with Crippen LogP contribution in [0.5, 0.6) is 0 Å². The Labute approximate surface area is 125 Å². The molecule has 0 aliphatic rings. The van der Waals surface area contributed by atoms with Gasteiger partial charge in [0.25, 0.3) is 5.91 Å². The van der Waals surface area contributed by atoms with E-state index in [4.69, 9.17) is 0 Å². The third-order valence-electron chi connectivity index (χ3n) is 2.74. The van der Waals surface area contributed by atoms with Crippen LogP contribution in [0, 0.1) is 17.5 Å². The standard InChI is InChI=1S/C15H14F3N3O/c1-8(2)20-10-5-9(6-19-7-10)15(22)21-12-4-3-11(16)13(17)14(12)18/h3-8,20H,1-2H3,(H,21,22). The Morgan fingerprint density at radius 1 is 1.14 bits per heavy atom. The molecular formula is C15H14F3N3O. The van der Waals surface area contributed by atoms with Gasteiger partial charge >= 0.3 is 0 Å². The number of carbonyl (C=O) groups is 1. The van der Waals surface area contributed by atoms with Crippen LogP contribution in [0.4, 0.5) is 24.5 Å². The molecule has 0 radical (unpaired) electrons. The van der Waals surface area contributed by atoms with Crippen LogP contribution < -0.4 is 10.6 Å². The van der Waals surface area contributed by atoms with Crippen molar-refractivity contribution < 1.29 is 18.0 Å². The predicted octanol–water partition coefficient (Wildman–Crippen LogP) is 3.57. The third kappa shape index (κ3) is 3.55. The summed E-state index contributed by atoms with van der Waals surface area (Å²) in [4.78, 5) is 15.9. The Bertz CT molecular complexity index is 704. The summed E-state index contributed by atoms with van der Waals surface area (Å²) < 4.78 is 39.5. The van der Waals surface area contributed by atoms with Crippen LogP contribution in [0.2, 0.25) is 0 Å². The quantitative estimate of drug-likeness (QED) is 0.849. The number of amides is 1. The van der Waals surface area contributed by atoms with Crippen LogP contribution in [0.3, 0.4) is 0 Å². The Kier molecular flexibility index (Phi) is 4.65. The molecule has 0 atom stereocenters. The summed E-state index contributed by atoms with van der Waals surface area (Å²) in [5.74, 6) is -5.07. The van der Waals surface area contributed by atoms with E-state index in [-0.39, 0.29) is 11.6 Å². The highest BCUT2D eigenvalue weighted by atomic mass is 19.2. The molecule has 7 heteroatoms. The number of aromatic nitrogens is 1. The number of pyridine rings is 1. The number of nitrogens with zero attached hydrogens (tertiary/aromatic N) is 1. The molecule has 2 aromatic rings. The molecule has 1 aromatic heterocycles. The van der Waals surface area contributed by atoms with Crippen molar-refractivity contribution in [3.63, 3.8) is 0 Å². The maximum Gasteiger partial charge on any atom is 0.257 e. The fourth-order valence-electron chi connectivity index (χ4n) is 1.79. The first-order chi connectivity index (χ1) is 10.4. The zero-order valence-electron chi connectivity index (χ0n) is 12.0. The smallest absolute Gasteiger partial charge is 0.257 e. The Balaban J connectivity index is 2.21. The summed E-state index contributed by atoms with van der Waals surface area (Å²) >= 11 is 0. The van der Waals surface area contributed by atoms with Gasteiger partial charge in [0.15, 0.2) is 17.5 Å². The van der Waals surface area contributed by atoms with E-state index in [2.05, 4.69) is 15.6 Å². The Morgan fingerprint density at radius 3 is 2.55 bits per heavy atom. The van der Waals surface area contributed by atoms with Gasteiger partial charge in [-0.2, -0.15) is 0 Å². The highest BCUT2D eigenvalue weighted by molar-refractivity contribution is 6.04. The molecular weight excluding hydrogens is 295 g/mol. The van der Waals surface area contributed by atoms with Gasteiger partial charge in [-0.3, -0.25) is 9.78 Å². The Morgan fingerprint density at radius 2 is 1.86 bits per heavy atom. The van der Waals surface area contributed by atoms with Crippen LogP contribution >= 0.6 is 0 Å². The zero-order chi connectivity index (χ0) is 16.3. The summed E-state index contributed by atoms with van der Waals surface area (Å²) in [6.07, 6.45) is 2.83. The summed E-state index contributed by atoms with van der Waals surface area (Å²) in [7, 11) is 0. The van der Waals surface area contributed by atoms with E-state index in [1.165, 1.54) is 18.5 Å². The molecule has 0 spiro atoms. The maximum atomic E-state index is 13.5. The molecule has 4 nitrogen and oxygen atoms in total. The van der Waals surface area contributed by atoms with Crippen molar-refractivity contribution in [3.8, 4) is 0 Å². The van der Waals surface area contributed by atoms with Crippen LogP contribution in [0.15, 0.2) is 30.6 Å². The molecule has 0 fully saturated rings. The van der Waals surface area contributed by atoms with Gasteiger partial charge in [0.05, 0.1) is 16.9 Å². The molecule has 0 aliphatic carbocycles. The number of halogens is 3. The molecule has 22 heavy (non-hydrogen) atoms. The van der Waals surface area contributed by atoms with Crippen molar-refractivity contribution in [1.29, 1.82) is 0 Å². The molecule has 1 amide bonds. The highest BCUT2D eigenvalue weighted by Gasteiger charge is 2.16. The second-order valence-electron chi connectivity index (χ2n) is 4.94. The normalized spacial score (nSPS) is 10.6. The number of carbonyl (C=O) groups excluding carboxylic acids is 1. The fraction of sp³-hybridized carbons (Fsp3) is 0.200. The first-order valence-corrected chi connectivity index (χ1v) is 6.55. The van der Waals surface area contributed by atoms with E-state index < -0.39 is 29.0 Å². The number of hydrogen-bond donors (Lipinski definition) is 2. The van der Waals surface area contributed by atoms with Crippen molar-refractivity contribution in [2.24, 2.45) is 0 Å². The molecule has 1 aromatic carbocycles. The van der Waals surface area contributed by atoms with Crippen molar-refractivity contribution in [2.75, 3.05) is 10.6 Å². The van der Waals surface area contributed by atoms with Gasteiger partial charge in [-0.15, -0.1) is 0 Å². The van der Waals surface area contributed by atoms with Gasteiger partial charge in [0.1, 0.15) is 0 Å². The molecule has 0 unspecified atom stereocenters. The van der Waals surface area contributed by atoms with Crippen molar-refractivity contribution in [3.05, 3.63) is 53.6 Å². The first-order valence-electron chi connectivity index (χ1n) is 6.55. The van der Waals surface area contributed by atoms with Crippen LogP contribution in [-0.4, -0.2) is 16.9 Å². The number of nitrogens with one attached hydrogen (secondary N) is 2. The third-order valence-corrected chi connectivity index (χ3v) is 2.74. The van der Waals surface area contributed by atoms with E-state index in [9.17, 15) is 18.0 Å². The van der Waals surface area contributed by atoms with Crippen LogP contribution in [0.25, 0.3) is 0 Å². The molecule has 0 bridgehead atoms. The summed E-state index contributed by atoms with van der Waals surface area (Å²) in [6, 6.07) is 3.36. The summed E-state index contributed by atoms with van der Waals surface area (Å²) in [5.41, 5.74) is 0.342. The lowest BCUT2D eigenvalue weighted by Gasteiger charge is -2.11.